The molecule has 1 atom stereocenters. The Bertz CT molecular complexity index is 95.4. The molecule has 0 saturated carbocycles. The fourth-order valence-electron chi connectivity index (χ4n) is 1.00. The molecule has 0 amide bonds. The van der Waals surface area contributed by atoms with Crippen molar-refractivity contribution in [3.05, 3.63) is 12.8 Å². The van der Waals surface area contributed by atoms with E-state index in [0.29, 0.717) is 0 Å². The Hall–Kier alpha value is 1.06. The molecule has 1 unspecified atom stereocenters. The van der Waals surface area contributed by atoms with Crippen LogP contribution in [0.2, 0.25) is 0 Å². The van der Waals surface area contributed by atoms with Crippen LogP contribution in [0.1, 0.15) is 20.3 Å². The third-order valence-corrected chi connectivity index (χ3v) is 2.16. The van der Waals surface area contributed by atoms with Crippen LogP contribution in [0.4, 0.5) is 0 Å². The van der Waals surface area contributed by atoms with Crippen molar-refractivity contribution in [2.24, 2.45) is 5.41 Å². The third-order valence-electron chi connectivity index (χ3n) is 2.16. The smallest absolute Gasteiger partial charge is 0.0422 e. The minimum atomic E-state index is 0. The summed E-state index contributed by atoms with van der Waals surface area (Å²) in [5, 5.41) is 0. The molecular weight excluding hydrogens is 201 g/mol. The summed E-state index contributed by atoms with van der Waals surface area (Å²) in [6.07, 6.45) is 1.09. The Balaban J connectivity index is 0.000000810. The molecule has 1 rings (SSSR count). The van der Waals surface area contributed by atoms with Crippen molar-refractivity contribution in [1.29, 1.82) is 0 Å². The second-order valence-corrected chi connectivity index (χ2v) is 3.08. The van der Waals surface area contributed by atoms with Crippen molar-refractivity contribution >= 4 is 0 Å². The first-order valence-corrected chi connectivity index (χ1v) is 3.39. The molecule has 0 spiro atoms. The molecule has 1 aliphatic rings. The van der Waals surface area contributed by atoms with E-state index < -0.39 is 0 Å². The van der Waals surface area contributed by atoms with Crippen molar-refractivity contribution in [3.63, 3.8) is 0 Å². The first-order valence-electron chi connectivity index (χ1n) is 3.39. The quantitative estimate of drug-likeness (QED) is 0.606. The van der Waals surface area contributed by atoms with Crippen molar-refractivity contribution < 1.29 is 37.4 Å². The Kier molecular flexibility index (Phi) is 4.62. The van der Waals surface area contributed by atoms with E-state index in [9.17, 15) is 0 Å². The molecule has 2 heteroatoms. The Morgan fingerprint density at radius 3 is 2.30 bits per heavy atom. The molecule has 1 radical (unpaired) electrons. The van der Waals surface area contributed by atoms with Crippen LogP contribution in [0.5, 0.6) is 0 Å². The maximum absolute atomic E-state index is 5.24. The summed E-state index contributed by atoms with van der Waals surface area (Å²) in [4.78, 5) is 0. The largest absolute Gasteiger partial charge is 0.386 e. The first-order chi connectivity index (χ1) is 4.15. The van der Waals surface area contributed by atoms with Gasteiger partial charge in [-0.05, 0) is 6.61 Å². The van der Waals surface area contributed by atoms with Crippen LogP contribution in [0.15, 0.2) is 0 Å². The number of hydrogen-bond donors (Lipinski definition) is 0. The second-order valence-electron chi connectivity index (χ2n) is 3.08. The van der Waals surface area contributed by atoms with E-state index in [1.54, 1.807) is 0 Å². The van der Waals surface area contributed by atoms with E-state index in [0.717, 1.165) is 19.6 Å². The van der Waals surface area contributed by atoms with E-state index in [4.69, 9.17) is 4.74 Å². The van der Waals surface area contributed by atoms with Gasteiger partial charge in [0.15, 0.2) is 0 Å². The monoisotopic (exact) mass is 215 g/mol. The first kappa shape index (κ1) is 11.1. The van der Waals surface area contributed by atoms with Crippen LogP contribution in [0, 0.1) is 18.3 Å². The van der Waals surface area contributed by atoms with Gasteiger partial charge in [0.2, 0.25) is 0 Å². The van der Waals surface area contributed by atoms with Gasteiger partial charge in [-0.25, -0.2) is 0 Å². The van der Waals surface area contributed by atoms with Gasteiger partial charge in [-0.1, -0.05) is 6.42 Å². The van der Waals surface area contributed by atoms with Crippen LogP contribution >= 0.6 is 0 Å². The van der Waals surface area contributed by atoms with E-state index in [1.165, 1.54) is 5.92 Å². The predicted molar refractivity (Wildman–Crippen MR) is 37.8 cm³/mol. The zero-order valence-electron chi connectivity index (χ0n) is 6.81. The molecule has 0 aromatic carbocycles. The Labute approximate surface area is 88.8 Å². The van der Waals surface area contributed by atoms with Gasteiger partial charge in [0.25, 0.3) is 0 Å². The minimum absolute atomic E-state index is 0. The Morgan fingerprint density at radius 2 is 2.10 bits per heavy atom. The maximum Gasteiger partial charge on any atom is 0.0422 e. The molecule has 1 heterocycles. The van der Waals surface area contributed by atoms with Gasteiger partial charge in [-0.15, -0.1) is 0 Å². The summed E-state index contributed by atoms with van der Waals surface area (Å²) in [5.74, 6) is 1.39. The zero-order valence-corrected chi connectivity index (χ0v) is 9.65. The topological polar surface area (TPSA) is 9.23 Å². The van der Waals surface area contributed by atoms with Crippen molar-refractivity contribution in [2.45, 2.75) is 20.3 Å². The van der Waals surface area contributed by atoms with Gasteiger partial charge in [-0.2, -0.15) is 13.8 Å². The molecule has 10 heavy (non-hydrogen) atoms. The summed E-state index contributed by atoms with van der Waals surface area (Å²) in [6, 6.07) is 0. The predicted octanol–water partition coefficient (Wildman–Crippen LogP) is 1.84. The van der Waals surface area contributed by atoms with Crippen LogP contribution < -0.4 is 0 Å². The maximum atomic E-state index is 5.24. The average Bonchev–Trinajstić information content (AvgIpc) is 2.16. The van der Waals surface area contributed by atoms with E-state index in [2.05, 4.69) is 20.8 Å². The summed E-state index contributed by atoms with van der Waals surface area (Å²) in [6.45, 7) is 10.1. The molecule has 0 bridgehead atoms. The fraction of sp³-hybridized carbons (Fsp3) is 0.750. The molecule has 1 saturated heterocycles. The average molecular weight is 215 g/mol. The summed E-state index contributed by atoms with van der Waals surface area (Å²) in [7, 11) is 0. The minimum Gasteiger partial charge on any atom is -0.386 e. The van der Waals surface area contributed by atoms with Crippen molar-refractivity contribution in [2.75, 3.05) is 13.2 Å². The van der Waals surface area contributed by atoms with Gasteiger partial charge < -0.3 is 17.6 Å². The van der Waals surface area contributed by atoms with E-state index in [1.807, 2.05) is 0 Å². The number of hydrogen-bond acceptors (Lipinski definition) is 1. The van der Waals surface area contributed by atoms with Crippen LogP contribution in [-0.2, 0) is 37.4 Å². The van der Waals surface area contributed by atoms with Crippen molar-refractivity contribution in [1.82, 2.24) is 0 Å². The van der Waals surface area contributed by atoms with Gasteiger partial charge >= 0.3 is 0 Å². The molecule has 0 aromatic rings. The van der Waals surface area contributed by atoms with Gasteiger partial charge in [0.05, 0.1) is 0 Å². The number of ether oxygens (including phenoxy) is 1. The summed E-state index contributed by atoms with van der Waals surface area (Å²) < 4.78 is 5.24. The van der Waals surface area contributed by atoms with E-state index >= 15 is 0 Å². The summed E-state index contributed by atoms with van der Waals surface area (Å²) in [5.41, 5.74) is 0.139. The molecule has 1 nitrogen and oxygen atoms in total. The van der Waals surface area contributed by atoms with Crippen molar-refractivity contribution in [3.8, 4) is 0 Å². The zero-order chi connectivity index (χ0) is 6.91. The van der Waals surface area contributed by atoms with Crippen LogP contribution in [0.25, 0.3) is 0 Å². The molecule has 57 valence electrons. The molecule has 0 aromatic heterocycles. The second kappa shape index (κ2) is 4.18. The van der Waals surface area contributed by atoms with Gasteiger partial charge in [0.1, 0.15) is 0 Å². The Morgan fingerprint density at radius 1 is 1.50 bits per heavy atom. The third kappa shape index (κ3) is 2.28. The molecule has 1 aliphatic heterocycles. The van der Waals surface area contributed by atoms with Crippen LogP contribution in [0.3, 0.4) is 0 Å². The normalized spacial score (nSPS) is 32.4. The standard InChI is InChI=1S/C8H14O.Y/c1-7(2)8(3)4-5-9-6-8;/h3-6H2,1-2H3;/q-2;. The van der Waals surface area contributed by atoms with Crippen LogP contribution in [-0.4, -0.2) is 13.2 Å². The molecule has 1 fully saturated rings. The molecule has 0 N–H and O–H groups in total. The fourth-order valence-corrected chi connectivity index (χ4v) is 1.00. The van der Waals surface area contributed by atoms with Gasteiger partial charge in [-0.3, -0.25) is 5.41 Å². The SMILES string of the molecule is [CH2-]C1([C-](C)C)CCOC1.[Y]. The summed E-state index contributed by atoms with van der Waals surface area (Å²) >= 11 is 0. The van der Waals surface area contributed by atoms with Gasteiger partial charge in [0, 0.05) is 39.3 Å². The number of rotatable bonds is 1. The molecular formula is C8H14OY-2. The van der Waals surface area contributed by atoms with E-state index in [-0.39, 0.29) is 38.1 Å². The molecule has 0 aliphatic carbocycles.